The molecule has 5 nitrogen and oxygen atoms in total. The average molecular weight is 262 g/mol. The second kappa shape index (κ2) is 4.26. The first-order chi connectivity index (χ1) is 8.83. The van der Waals surface area contributed by atoms with Gasteiger partial charge in [-0.25, -0.2) is 4.79 Å². The molecule has 1 aromatic carbocycles. The van der Waals surface area contributed by atoms with Crippen molar-refractivity contribution in [1.29, 1.82) is 0 Å². The summed E-state index contributed by atoms with van der Waals surface area (Å²) in [4.78, 5) is 27.0. The van der Waals surface area contributed by atoms with Crippen LogP contribution in [-0.4, -0.2) is 42.9 Å². The summed E-state index contributed by atoms with van der Waals surface area (Å²) in [6, 6.07) is 5.31. The number of hydrogen-bond acceptors (Lipinski definition) is 3. The van der Waals surface area contributed by atoms with Crippen LogP contribution in [0.1, 0.15) is 18.1 Å². The summed E-state index contributed by atoms with van der Waals surface area (Å²) >= 11 is 0. The maximum Gasteiger partial charge on any atom is 0.327 e. The van der Waals surface area contributed by atoms with Crippen molar-refractivity contribution in [3.05, 3.63) is 29.3 Å². The van der Waals surface area contributed by atoms with Gasteiger partial charge in [-0.3, -0.25) is 9.69 Å². The summed E-state index contributed by atoms with van der Waals surface area (Å²) < 4.78 is 5.34. The number of urea groups is 1. The Labute approximate surface area is 112 Å². The van der Waals surface area contributed by atoms with E-state index in [1.807, 2.05) is 25.1 Å². The Morgan fingerprint density at radius 2 is 1.84 bits per heavy atom. The molecule has 0 spiro atoms. The Morgan fingerprint density at radius 1 is 1.21 bits per heavy atom. The number of carbonyl (C=O) groups excluding carboxylic acids is 2. The number of imide groups is 1. The van der Waals surface area contributed by atoms with Gasteiger partial charge in [0.15, 0.2) is 0 Å². The molecule has 2 rings (SSSR count). The van der Waals surface area contributed by atoms with Gasteiger partial charge < -0.3 is 9.64 Å². The zero-order valence-electron chi connectivity index (χ0n) is 11.9. The van der Waals surface area contributed by atoms with Crippen molar-refractivity contribution < 1.29 is 14.3 Å². The molecule has 1 atom stereocenters. The van der Waals surface area contributed by atoms with Crippen molar-refractivity contribution >= 4 is 11.9 Å². The van der Waals surface area contributed by atoms with E-state index < -0.39 is 5.54 Å². The lowest BCUT2D eigenvalue weighted by molar-refractivity contribution is -0.131. The van der Waals surface area contributed by atoms with Crippen molar-refractivity contribution in [2.24, 2.45) is 0 Å². The van der Waals surface area contributed by atoms with Crippen LogP contribution in [0.3, 0.4) is 0 Å². The SMILES string of the molecule is COc1ccc(C)cc1C1(C)C(=O)N(C)C(=O)N1C. The van der Waals surface area contributed by atoms with E-state index in [-0.39, 0.29) is 11.9 Å². The molecule has 0 aromatic heterocycles. The second-order valence-electron chi connectivity index (χ2n) is 4.98. The highest BCUT2D eigenvalue weighted by Crippen LogP contribution is 2.40. The number of nitrogens with zero attached hydrogens (tertiary/aromatic N) is 2. The number of carbonyl (C=O) groups is 2. The van der Waals surface area contributed by atoms with Gasteiger partial charge in [0.25, 0.3) is 5.91 Å². The number of aryl methyl sites for hydroxylation is 1. The van der Waals surface area contributed by atoms with Crippen LogP contribution in [0.5, 0.6) is 5.75 Å². The maximum atomic E-state index is 12.4. The molecular formula is C14H18N2O3. The first-order valence-corrected chi connectivity index (χ1v) is 6.05. The molecule has 0 N–H and O–H groups in total. The number of benzene rings is 1. The number of amides is 3. The fourth-order valence-electron chi connectivity index (χ4n) is 2.47. The van der Waals surface area contributed by atoms with E-state index in [0.29, 0.717) is 11.3 Å². The van der Waals surface area contributed by atoms with Crippen molar-refractivity contribution in [3.63, 3.8) is 0 Å². The Balaban J connectivity index is 2.66. The first-order valence-electron chi connectivity index (χ1n) is 6.05. The van der Waals surface area contributed by atoms with E-state index >= 15 is 0 Å². The number of methoxy groups -OCH3 is 1. The lowest BCUT2D eigenvalue weighted by Crippen LogP contribution is -2.42. The molecule has 1 unspecified atom stereocenters. The smallest absolute Gasteiger partial charge is 0.327 e. The van der Waals surface area contributed by atoms with Gasteiger partial charge >= 0.3 is 6.03 Å². The van der Waals surface area contributed by atoms with Gasteiger partial charge in [-0.1, -0.05) is 11.6 Å². The van der Waals surface area contributed by atoms with Crippen LogP contribution < -0.4 is 4.74 Å². The molecule has 0 aliphatic carbocycles. The largest absolute Gasteiger partial charge is 0.496 e. The lowest BCUT2D eigenvalue weighted by atomic mass is 9.89. The molecule has 5 heteroatoms. The molecule has 0 bridgehead atoms. The minimum absolute atomic E-state index is 0.246. The third-order valence-corrected chi connectivity index (χ3v) is 3.85. The Hall–Kier alpha value is -2.04. The van der Waals surface area contributed by atoms with Crippen LogP contribution in [0.4, 0.5) is 4.79 Å². The van der Waals surface area contributed by atoms with Gasteiger partial charge in [0.1, 0.15) is 11.3 Å². The molecule has 0 saturated carbocycles. The van der Waals surface area contributed by atoms with Crippen molar-refractivity contribution in [1.82, 2.24) is 9.80 Å². The van der Waals surface area contributed by atoms with E-state index in [4.69, 9.17) is 4.74 Å². The Morgan fingerprint density at radius 3 is 2.32 bits per heavy atom. The summed E-state index contributed by atoms with van der Waals surface area (Å²) in [7, 11) is 4.68. The average Bonchev–Trinajstić information content (AvgIpc) is 2.55. The predicted molar refractivity (Wildman–Crippen MR) is 71.0 cm³/mol. The van der Waals surface area contributed by atoms with E-state index in [0.717, 1.165) is 10.5 Å². The Kier molecular flexibility index (Phi) is 3.00. The molecule has 1 aliphatic heterocycles. The molecule has 0 radical (unpaired) electrons. The van der Waals surface area contributed by atoms with Gasteiger partial charge in [-0.15, -0.1) is 0 Å². The summed E-state index contributed by atoms with van der Waals surface area (Å²) in [6.07, 6.45) is 0. The molecule has 1 aliphatic rings. The minimum Gasteiger partial charge on any atom is -0.496 e. The van der Waals surface area contributed by atoms with Crippen molar-refractivity contribution in [3.8, 4) is 5.75 Å². The topological polar surface area (TPSA) is 49.9 Å². The maximum absolute atomic E-state index is 12.4. The van der Waals surface area contributed by atoms with Crippen LogP contribution in [0.25, 0.3) is 0 Å². The number of hydrogen-bond donors (Lipinski definition) is 0. The normalized spacial score (nSPS) is 23.2. The van der Waals surface area contributed by atoms with E-state index in [2.05, 4.69) is 0 Å². The van der Waals surface area contributed by atoms with Crippen LogP contribution in [0.15, 0.2) is 18.2 Å². The van der Waals surface area contributed by atoms with Crippen molar-refractivity contribution in [2.75, 3.05) is 21.2 Å². The molecular weight excluding hydrogens is 244 g/mol. The quantitative estimate of drug-likeness (QED) is 0.763. The van der Waals surface area contributed by atoms with E-state index in [1.54, 1.807) is 21.1 Å². The van der Waals surface area contributed by atoms with Gasteiger partial charge in [0.2, 0.25) is 0 Å². The molecule has 1 heterocycles. The second-order valence-corrected chi connectivity index (χ2v) is 4.98. The standard InChI is InChI=1S/C14H18N2O3/c1-9-6-7-11(19-5)10(8-9)14(2)12(17)15(3)13(18)16(14)4/h6-8H,1-5H3. The highest BCUT2D eigenvalue weighted by atomic mass is 16.5. The summed E-state index contributed by atoms with van der Waals surface area (Å²) in [5.74, 6) is 0.361. The highest BCUT2D eigenvalue weighted by molar-refractivity contribution is 6.07. The van der Waals surface area contributed by atoms with Gasteiger partial charge in [0, 0.05) is 19.7 Å². The van der Waals surface area contributed by atoms with E-state index in [1.165, 1.54) is 11.9 Å². The third kappa shape index (κ3) is 1.69. The third-order valence-electron chi connectivity index (χ3n) is 3.85. The molecule has 3 amide bonds. The van der Waals surface area contributed by atoms with Crippen LogP contribution in [-0.2, 0) is 10.3 Å². The van der Waals surface area contributed by atoms with Crippen LogP contribution >= 0.6 is 0 Å². The molecule has 1 aromatic rings. The monoisotopic (exact) mass is 262 g/mol. The summed E-state index contributed by atoms with van der Waals surface area (Å²) in [5, 5.41) is 0. The zero-order chi connectivity index (χ0) is 14.4. The van der Waals surface area contributed by atoms with E-state index in [9.17, 15) is 9.59 Å². The number of rotatable bonds is 2. The predicted octanol–water partition coefficient (Wildman–Crippen LogP) is 1.74. The molecule has 19 heavy (non-hydrogen) atoms. The van der Waals surface area contributed by atoms with Gasteiger partial charge in [0.05, 0.1) is 7.11 Å². The fraction of sp³-hybridized carbons (Fsp3) is 0.429. The lowest BCUT2D eigenvalue weighted by Gasteiger charge is -2.30. The van der Waals surface area contributed by atoms with Gasteiger partial charge in [-0.05, 0) is 26.0 Å². The first kappa shape index (κ1) is 13.4. The number of likely N-dealkylation sites (N-methyl/N-ethyl adjacent to an activating group) is 2. The van der Waals surface area contributed by atoms with Crippen LogP contribution in [0, 0.1) is 6.92 Å². The molecule has 1 fully saturated rings. The highest BCUT2D eigenvalue weighted by Gasteiger charge is 2.53. The number of ether oxygens (including phenoxy) is 1. The fourth-order valence-corrected chi connectivity index (χ4v) is 2.47. The molecule has 102 valence electrons. The van der Waals surface area contributed by atoms with Crippen LogP contribution in [0.2, 0.25) is 0 Å². The summed E-state index contributed by atoms with van der Waals surface area (Å²) in [5.41, 5.74) is 0.698. The minimum atomic E-state index is -1.02. The molecule has 1 saturated heterocycles. The zero-order valence-corrected chi connectivity index (χ0v) is 11.9. The Bertz CT molecular complexity index is 556. The summed E-state index contributed by atoms with van der Waals surface area (Å²) in [6.45, 7) is 3.69. The van der Waals surface area contributed by atoms with Crippen molar-refractivity contribution in [2.45, 2.75) is 19.4 Å². The van der Waals surface area contributed by atoms with Gasteiger partial charge in [-0.2, -0.15) is 0 Å².